The molecule has 0 spiro atoms. The molecule has 4 aromatic rings. The number of hydrogen-bond donors (Lipinski definition) is 1. The number of carbonyl (C=O) groups is 1. The number of aromatic carboxylic acids is 1. The van der Waals surface area contributed by atoms with Crippen molar-refractivity contribution in [2.24, 2.45) is 0 Å². The first-order chi connectivity index (χ1) is 15.8. The van der Waals surface area contributed by atoms with Crippen LogP contribution in [0.25, 0.3) is 17.3 Å². The topological polar surface area (TPSA) is 94.0 Å². The van der Waals surface area contributed by atoms with Crippen molar-refractivity contribution in [1.29, 1.82) is 0 Å². The molecule has 1 saturated carbocycles. The van der Waals surface area contributed by atoms with Crippen LogP contribution in [-0.4, -0.2) is 31.0 Å². The summed E-state index contributed by atoms with van der Waals surface area (Å²) in [7, 11) is 0. The fourth-order valence-electron chi connectivity index (χ4n) is 4.03. The summed E-state index contributed by atoms with van der Waals surface area (Å²) in [4.78, 5) is 15.5. The summed E-state index contributed by atoms with van der Waals surface area (Å²) in [6, 6.07) is 11.1. The lowest BCUT2D eigenvalue weighted by Crippen LogP contribution is -2.12. The molecule has 0 saturated heterocycles. The third-order valence-electron chi connectivity index (χ3n) is 5.85. The van der Waals surface area contributed by atoms with Crippen LogP contribution >= 0.6 is 0 Å². The second kappa shape index (κ2) is 7.58. The number of aryl methyl sites for hydroxylation is 1. The maximum atomic E-state index is 13.7. The van der Waals surface area contributed by atoms with E-state index in [0.717, 1.165) is 34.7 Å². The number of carboxylic acid groups (broad SMARTS) is 1. The SMILES string of the molecule is Cc1cc(F)ccc1C1(c2noc(-c3cc(C(F)F)n(-c4ccc(C(=O)O)cc4)n3)n2)CC1. The number of aromatic nitrogens is 4. The highest BCUT2D eigenvalue weighted by Gasteiger charge is 2.51. The molecule has 2 aromatic heterocycles. The minimum absolute atomic E-state index is 0.0150. The van der Waals surface area contributed by atoms with Crippen LogP contribution in [0.4, 0.5) is 13.2 Å². The fourth-order valence-corrected chi connectivity index (χ4v) is 4.03. The van der Waals surface area contributed by atoms with Crippen molar-refractivity contribution in [1.82, 2.24) is 19.9 Å². The summed E-state index contributed by atoms with van der Waals surface area (Å²) >= 11 is 0. The van der Waals surface area contributed by atoms with E-state index in [4.69, 9.17) is 9.63 Å². The first-order valence-corrected chi connectivity index (χ1v) is 10.1. The zero-order valence-corrected chi connectivity index (χ0v) is 17.3. The molecule has 0 amide bonds. The summed E-state index contributed by atoms with van der Waals surface area (Å²) in [5, 5.41) is 17.3. The Labute approximate surface area is 185 Å². The molecule has 5 rings (SSSR count). The van der Waals surface area contributed by atoms with Gasteiger partial charge >= 0.3 is 5.97 Å². The lowest BCUT2D eigenvalue weighted by Gasteiger charge is -2.14. The van der Waals surface area contributed by atoms with Crippen LogP contribution in [0.2, 0.25) is 0 Å². The van der Waals surface area contributed by atoms with Crippen molar-refractivity contribution < 1.29 is 27.6 Å². The molecule has 7 nitrogen and oxygen atoms in total. The number of benzene rings is 2. The third kappa shape index (κ3) is 3.57. The molecule has 2 heterocycles. The minimum Gasteiger partial charge on any atom is -0.478 e. The van der Waals surface area contributed by atoms with Gasteiger partial charge in [0.1, 0.15) is 11.5 Å². The maximum Gasteiger partial charge on any atom is 0.335 e. The van der Waals surface area contributed by atoms with E-state index < -0.39 is 23.5 Å². The van der Waals surface area contributed by atoms with E-state index in [2.05, 4.69) is 15.2 Å². The number of hydrogen-bond acceptors (Lipinski definition) is 5. The summed E-state index contributed by atoms with van der Waals surface area (Å²) < 4.78 is 47.3. The second-order valence-corrected chi connectivity index (χ2v) is 7.98. The lowest BCUT2D eigenvalue weighted by atomic mass is 9.91. The van der Waals surface area contributed by atoms with Crippen LogP contribution < -0.4 is 0 Å². The van der Waals surface area contributed by atoms with Gasteiger partial charge in [0.15, 0.2) is 11.5 Å². The third-order valence-corrected chi connectivity index (χ3v) is 5.85. The first-order valence-electron chi connectivity index (χ1n) is 10.1. The lowest BCUT2D eigenvalue weighted by molar-refractivity contribution is 0.0696. The molecular weight excluding hydrogens is 437 g/mol. The minimum atomic E-state index is -2.84. The van der Waals surface area contributed by atoms with Gasteiger partial charge in [-0.2, -0.15) is 10.1 Å². The molecule has 0 radical (unpaired) electrons. The van der Waals surface area contributed by atoms with Gasteiger partial charge in [-0.25, -0.2) is 22.6 Å². The number of halogens is 3. The van der Waals surface area contributed by atoms with Crippen LogP contribution in [0.1, 0.15) is 52.3 Å². The Balaban J connectivity index is 1.51. The fraction of sp³-hybridized carbons (Fsp3) is 0.217. The Morgan fingerprint density at radius 1 is 1.15 bits per heavy atom. The van der Waals surface area contributed by atoms with Crippen molar-refractivity contribution in [2.45, 2.75) is 31.6 Å². The molecule has 1 fully saturated rings. The van der Waals surface area contributed by atoms with Gasteiger partial charge in [0.25, 0.3) is 12.3 Å². The van der Waals surface area contributed by atoms with Crippen molar-refractivity contribution >= 4 is 5.97 Å². The molecule has 33 heavy (non-hydrogen) atoms. The van der Waals surface area contributed by atoms with Gasteiger partial charge in [-0.1, -0.05) is 11.2 Å². The van der Waals surface area contributed by atoms with Gasteiger partial charge in [-0.15, -0.1) is 0 Å². The van der Waals surface area contributed by atoms with Gasteiger partial charge in [0.2, 0.25) is 0 Å². The van der Waals surface area contributed by atoms with Gasteiger partial charge in [0, 0.05) is 0 Å². The number of carboxylic acids is 1. The van der Waals surface area contributed by atoms with Crippen molar-refractivity contribution in [3.63, 3.8) is 0 Å². The average molecular weight is 454 g/mol. The second-order valence-electron chi connectivity index (χ2n) is 7.98. The first kappa shape index (κ1) is 20.9. The van der Waals surface area contributed by atoms with Crippen LogP contribution in [0.15, 0.2) is 53.1 Å². The average Bonchev–Trinajstić information content (AvgIpc) is 3.22. The zero-order valence-electron chi connectivity index (χ0n) is 17.3. The Bertz CT molecular complexity index is 1360. The normalized spacial score (nSPS) is 14.6. The van der Waals surface area contributed by atoms with E-state index in [1.807, 2.05) is 6.92 Å². The standard InChI is InChI=1S/C23H17F3N4O3/c1-12-10-14(24)4-7-16(12)23(8-9-23)22-27-20(33-29-22)17-11-18(19(25)26)30(28-17)15-5-2-13(3-6-15)21(31)32/h2-7,10-11,19H,8-9H2,1H3,(H,31,32). The highest BCUT2D eigenvalue weighted by molar-refractivity contribution is 5.87. The molecule has 10 heteroatoms. The number of nitrogens with zero attached hydrogens (tertiary/aromatic N) is 4. The van der Waals surface area contributed by atoms with E-state index in [1.165, 1.54) is 36.4 Å². The molecule has 2 aromatic carbocycles. The molecule has 0 aliphatic heterocycles. The van der Waals surface area contributed by atoms with Crippen LogP contribution in [0, 0.1) is 12.7 Å². The van der Waals surface area contributed by atoms with Gasteiger partial charge in [-0.3, -0.25) is 0 Å². The van der Waals surface area contributed by atoms with Crippen molar-refractivity contribution in [3.8, 4) is 17.3 Å². The summed E-state index contributed by atoms with van der Waals surface area (Å²) in [5.41, 5.74) is 1.13. The van der Waals surface area contributed by atoms with Crippen LogP contribution in [-0.2, 0) is 5.41 Å². The molecule has 1 aliphatic carbocycles. The quantitative estimate of drug-likeness (QED) is 0.436. The predicted octanol–water partition coefficient (Wildman–Crippen LogP) is 5.09. The Kier molecular flexibility index (Phi) is 4.80. The van der Waals surface area contributed by atoms with Crippen molar-refractivity contribution in [2.75, 3.05) is 0 Å². The van der Waals surface area contributed by atoms with Crippen molar-refractivity contribution in [3.05, 3.63) is 82.6 Å². The molecule has 0 unspecified atom stereocenters. The summed E-state index contributed by atoms with van der Waals surface area (Å²) in [6.45, 7) is 1.81. The van der Waals surface area contributed by atoms with E-state index in [9.17, 15) is 18.0 Å². The van der Waals surface area contributed by atoms with Gasteiger partial charge in [0.05, 0.1) is 16.7 Å². The van der Waals surface area contributed by atoms with Gasteiger partial charge < -0.3 is 9.63 Å². The largest absolute Gasteiger partial charge is 0.478 e. The predicted molar refractivity (Wildman–Crippen MR) is 110 cm³/mol. The van der Waals surface area contributed by atoms with Gasteiger partial charge in [-0.05, 0) is 73.4 Å². The van der Waals surface area contributed by atoms with E-state index in [1.54, 1.807) is 6.07 Å². The van der Waals surface area contributed by atoms with E-state index in [0.29, 0.717) is 5.82 Å². The Hall–Kier alpha value is -3.95. The number of alkyl halides is 2. The summed E-state index contributed by atoms with van der Waals surface area (Å²) in [5.74, 6) is -1.08. The monoisotopic (exact) mass is 454 g/mol. The number of rotatable bonds is 6. The highest BCUT2D eigenvalue weighted by atomic mass is 19.3. The zero-order chi connectivity index (χ0) is 23.3. The summed E-state index contributed by atoms with van der Waals surface area (Å²) in [6.07, 6.45) is -1.33. The Morgan fingerprint density at radius 3 is 2.48 bits per heavy atom. The smallest absolute Gasteiger partial charge is 0.335 e. The molecule has 0 bridgehead atoms. The van der Waals surface area contributed by atoms with E-state index >= 15 is 0 Å². The molecule has 0 atom stereocenters. The Morgan fingerprint density at radius 2 is 1.88 bits per heavy atom. The highest BCUT2D eigenvalue weighted by Crippen LogP contribution is 2.53. The van der Waals surface area contributed by atoms with Crippen LogP contribution in [0.3, 0.4) is 0 Å². The molecule has 168 valence electrons. The maximum absolute atomic E-state index is 13.7. The molecular formula is C23H17F3N4O3. The van der Waals surface area contributed by atoms with Crippen LogP contribution in [0.5, 0.6) is 0 Å². The molecule has 1 N–H and O–H groups in total. The molecule has 1 aliphatic rings. The van der Waals surface area contributed by atoms with E-state index in [-0.39, 0.29) is 28.7 Å².